The summed E-state index contributed by atoms with van der Waals surface area (Å²) >= 11 is 0. The topological polar surface area (TPSA) is 72.5 Å². The lowest BCUT2D eigenvalue weighted by Gasteiger charge is -2.18. The number of hydrogen-bond donors (Lipinski definition) is 1. The van der Waals surface area contributed by atoms with Gasteiger partial charge in [-0.1, -0.05) is 45.9 Å². The first kappa shape index (κ1) is 19.9. The lowest BCUT2D eigenvalue weighted by atomic mass is 9.89. The molecule has 0 radical (unpaired) electrons. The van der Waals surface area contributed by atoms with Crippen LogP contribution in [0.3, 0.4) is 0 Å². The minimum Gasteiger partial charge on any atom is -0.461 e. The Morgan fingerprint density at radius 3 is 2.27 bits per heavy atom. The van der Waals surface area contributed by atoms with E-state index in [0.29, 0.717) is 11.8 Å². The van der Waals surface area contributed by atoms with Crippen LogP contribution in [0.25, 0.3) is 0 Å². The van der Waals surface area contributed by atoms with E-state index in [1.165, 1.54) is 11.1 Å². The van der Waals surface area contributed by atoms with Crippen molar-refractivity contribution >= 4 is 17.8 Å². The molecule has 0 aliphatic carbocycles. The number of imide groups is 1. The fourth-order valence-electron chi connectivity index (χ4n) is 3.07. The third-order valence-electron chi connectivity index (χ3n) is 4.17. The summed E-state index contributed by atoms with van der Waals surface area (Å²) in [4.78, 5) is 34.7. The average Bonchev–Trinajstić information content (AvgIpc) is 2.84. The Labute approximate surface area is 154 Å². The van der Waals surface area contributed by atoms with Crippen LogP contribution in [0.5, 0.6) is 0 Å². The SMILES string of the molecule is CC(C)Cc1cccc(COC(=O)CC2=CC(=O)NC2=O)c1CC(C)C. The van der Waals surface area contributed by atoms with Crippen LogP contribution in [-0.4, -0.2) is 17.8 Å². The molecule has 1 aromatic rings. The molecule has 1 aromatic carbocycles. The van der Waals surface area contributed by atoms with Gasteiger partial charge in [-0.05, 0) is 41.4 Å². The maximum atomic E-state index is 12.1. The minimum atomic E-state index is -0.522. The molecule has 0 unspecified atom stereocenters. The van der Waals surface area contributed by atoms with Crippen molar-refractivity contribution in [3.63, 3.8) is 0 Å². The molecule has 0 saturated carbocycles. The van der Waals surface area contributed by atoms with Gasteiger partial charge in [0.25, 0.3) is 11.8 Å². The second-order valence-electron chi connectivity index (χ2n) is 7.58. The van der Waals surface area contributed by atoms with Gasteiger partial charge in [0.15, 0.2) is 0 Å². The highest BCUT2D eigenvalue weighted by molar-refractivity contribution is 6.17. The second kappa shape index (κ2) is 8.79. The predicted octanol–water partition coefficient (Wildman–Crippen LogP) is 3.10. The van der Waals surface area contributed by atoms with E-state index in [0.717, 1.165) is 24.5 Å². The molecule has 26 heavy (non-hydrogen) atoms. The van der Waals surface area contributed by atoms with E-state index in [4.69, 9.17) is 4.74 Å². The van der Waals surface area contributed by atoms with Gasteiger partial charge in [-0.25, -0.2) is 0 Å². The summed E-state index contributed by atoms with van der Waals surface area (Å²) in [7, 11) is 0. The summed E-state index contributed by atoms with van der Waals surface area (Å²) in [5, 5.41) is 2.12. The van der Waals surface area contributed by atoms with Crippen molar-refractivity contribution in [3.8, 4) is 0 Å². The standard InChI is InChI=1S/C21H27NO4/c1-13(2)8-15-6-5-7-16(18(15)9-14(3)4)12-26-20(24)11-17-10-19(23)22-21(17)25/h5-7,10,13-14H,8-9,11-12H2,1-4H3,(H,22,23,25). The highest BCUT2D eigenvalue weighted by Crippen LogP contribution is 2.23. The average molecular weight is 357 g/mol. The first-order chi connectivity index (χ1) is 12.3. The number of hydrogen-bond acceptors (Lipinski definition) is 4. The number of nitrogens with one attached hydrogen (secondary N) is 1. The van der Waals surface area contributed by atoms with E-state index < -0.39 is 17.8 Å². The number of rotatable bonds is 8. The van der Waals surface area contributed by atoms with E-state index in [9.17, 15) is 14.4 Å². The molecule has 1 aliphatic heterocycles. The Balaban J connectivity index is 2.08. The van der Waals surface area contributed by atoms with E-state index in [2.05, 4.69) is 39.1 Å². The van der Waals surface area contributed by atoms with Gasteiger partial charge in [0.1, 0.15) is 6.61 Å². The molecule has 1 aliphatic rings. The summed E-state index contributed by atoms with van der Waals surface area (Å²) in [6.45, 7) is 8.89. The van der Waals surface area contributed by atoms with E-state index in [1.807, 2.05) is 12.1 Å². The molecule has 0 saturated heterocycles. The van der Waals surface area contributed by atoms with E-state index in [-0.39, 0.29) is 18.6 Å². The van der Waals surface area contributed by atoms with E-state index >= 15 is 0 Å². The number of esters is 1. The van der Waals surface area contributed by atoms with Crippen LogP contribution >= 0.6 is 0 Å². The molecule has 0 fully saturated rings. The molecule has 1 N–H and O–H groups in total. The van der Waals surface area contributed by atoms with Gasteiger partial charge < -0.3 is 4.74 Å². The molecule has 0 bridgehead atoms. The van der Waals surface area contributed by atoms with E-state index in [1.54, 1.807) is 0 Å². The summed E-state index contributed by atoms with van der Waals surface area (Å²) in [6, 6.07) is 6.12. The van der Waals surface area contributed by atoms with Gasteiger partial charge in [0.2, 0.25) is 0 Å². The number of carbonyl (C=O) groups is 3. The van der Waals surface area contributed by atoms with Gasteiger partial charge in [0.05, 0.1) is 6.42 Å². The Kier molecular flexibility index (Phi) is 6.72. The summed E-state index contributed by atoms with van der Waals surface area (Å²) in [5.41, 5.74) is 3.70. The fourth-order valence-corrected chi connectivity index (χ4v) is 3.07. The number of carbonyl (C=O) groups excluding carboxylic acids is 3. The summed E-state index contributed by atoms with van der Waals surface area (Å²) < 4.78 is 5.38. The molecule has 2 rings (SSSR count). The van der Waals surface area contributed by atoms with Crippen LogP contribution in [0, 0.1) is 11.8 Å². The molecule has 140 valence electrons. The molecule has 5 nitrogen and oxygen atoms in total. The number of benzene rings is 1. The maximum Gasteiger partial charge on any atom is 0.310 e. The number of amides is 2. The van der Waals surface area contributed by atoms with Gasteiger partial charge in [-0.15, -0.1) is 0 Å². The van der Waals surface area contributed by atoms with Gasteiger partial charge in [0, 0.05) is 11.6 Å². The Hall–Kier alpha value is -2.43. The second-order valence-corrected chi connectivity index (χ2v) is 7.58. The first-order valence-corrected chi connectivity index (χ1v) is 9.07. The largest absolute Gasteiger partial charge is 0.461 e. The predicted molar refractivity (Wildman–Crippen MR) is 99.2 cm³/mol. The van der Waals surface area contributed by atoms with Crippen LogP contribution < -0.4 is 5.32 Å². The minimum absolute atomic E-state index is 0.149. The smallest absolute Gasteiger partial charge is 0.310 e. The molecule has 0 aromatic heterocycles. The van der Waals surface area contributed by atoms with Crippen LogP contribution in [0.2, 0.25) is 0 Å². The molecule has 0 atom stereocenters. The lowest BCUT2D eigenvalue weighted by molar-refractivity contribution is -0.144. The zero-order valence-corrected chi connectivity index (χ0v) is 15.9. The third kappa shape index (κ3) is 5.55. The monoisotopic (exact) mass is 357 g/mol. The number of ether oxygens (including phenoxy) is 1. The molecule has 5 heteroatoms. The third-order valence-corrected chi connectivity index (χ3v) is 4.17. The highest BCUT2D eigenvalue weighted by Gasteiger charge is 2.23. The quantitative estimate of drug-likeness (QED) is 0.573. The highest BCUT2D eigenvalue weighted by atomic mass is 16.5. The van der Waals surface area contributed by atoms with Gasteiger partial charge in [-0.2, -0.15) is 0 Å². The zero-order valence-electron chi connectivity index (χ0n) is 15.9. The van der Waals surface area contributed by atoms with Crippen molar-refractivity contribution < 1.29 is 19.1 Å². The van der Waals surface area contributed by atoms with Crippen LogP contribution in [0.1, 0.15) is 50.8 Å². The molecular formula is C21H27NO4. The van der Waals surface area contributed by atoms with Crippen molar-refractivity contribution in [2.45, 2.75) is 53.6 Å². The Morgan fingerprint density at radius 2 is 1.69 bits per heavy atom. The Morgan fingerprint density at radius 1 is 1.04 bits per heavy atom. The molecule has 1 heterocycles. The fraction of sp³-hybridized carbons (Fsp3) is 0.476. The van der Waals surface area contributed by atoms with Crippen LogP contribution in [-0.2, 0) is 38.6 Å². The molecule has 2 amide bonds. The lowest BCUT2D eigenvalue weighted by Crippen LogP contribution is -2.23. The molecular weight excluding hydrogens is 330 g/mol. The van der Waals surface area contributed by atoms with Crippen molar-refractivity contribution in [2.24, 2.45) is 11.8 Å². The molecule has 0 spiro atoms. The maximum absolute atomic E-state index is 12.1. The van der Waals surface area contributed by atoms with Crippen molar-refractivity contribution in [1.29, 1.82) is 0 Å². The first-order valence-electron chi connectivity index (χ1n) is 9.07. The van der Waals surface area contributed by atoms with Gasteiger partial charge >= 0.3 is 5.97 Å². The van der Waals surface area contributed by atoms with Gasteiger partial charge in [-0.3, -0.25) is 19.7 Å². The van der Waals surface area contributed by atoms with Crippen molar-refractivity contribution in [2.75, 3.05) is 0 Å². The normalized spacial score (nSPS) is 14.0. The summed E-state index contributed by atoms with van der Waals surface area (Å²) in [6.07, 6.45) is 2.87. The van der Waals surface area contributed by atoms with Crippen molar-refractivity contribution in [3.05, 3.63) is 46.5 Å². The van der Waals surface area contributed by atoms with Crippen molar-refractivity contribution in [1.82, 2.24) is 5.32 Å². The summed E-state index contributed by atoms with van der Waals surface area (Å²) in [5.74, 6) is -0.476. The van der Waals surface area contributed by atoms with Crippen LogP contribution in [0.15, 0.2) is 29.8 Å². The Bertz CT molecular complexity index is 732. The zero-order chi connectivity index (χ0) is 19.3. The van der Waals surface area contributed by atoms with Crippen LogP contribution in [0.4, 0.5) is 0 Å².